The number of pyridine rings is 1. The Kier molecular flexibility index (Phi) is 5.38. The monoisotopic (exact) mass is 370 g/mol. The minimum absolute atomic E-state index is 0.322. The van der Waals surface area contributed by atoms with Crippen molar-refractivity contribution in [3.8, 4) is 27.8 Å². The van der Waals surface area contributed by atoms with Crippen molar-refractivity contribution in [1.82, 2.24) is 4.98 Å². The molecule has 0 aliphatic carbocycles. The summed E-state index contributed by atoms with van der Waals surface area (Å²) in [4.78, 5) is 18.1. The predicted octanol–water partition coefficient (Wildman–Crippen LogP) is 4.09. The Bertz CT molecular complexity index is 885. The van der Waals surface area contributed by atoms with Gasteiger partial charge in [0.1, 0.15) is 5.69 Å². The largest absolute Gasteiger partial charge is 0.493 e. The Balaban J connectivity index is 1.87. The molecule has 0 fully saturated rings. The van der Waals surface area contributed by atoms with Crippen molar-refractivity contribution in [3.63, 3.8) is 0 Å². The van der Waals surface area contributed by atoms with E-state index in [0.717, 1.165) is 10.6 Å². The molecule has 0 unspecified atom stereocenters. The Morgan fingerprint density at radius 3 is 2.31 bits per heavy atom. The molecular formula is C19H18N2O4S. The fourth-order valence-electron chi connectivity index (χ4n) is 2.47. The summed E-state index contributed by atoms with van der Waals surface area (Å²) >= 11 is 1.57. The number of hydrogen-bond donors (Lipinski definition) is 1. The third-order valence-electron chi connectivity index (χ3n) is 3.68. The first-order valence-corrected chi connectivity index (χ1v) is 8.66. The lowest BCUT2D eigenvalue weighted by atomic mass is 10.2. The number of aromatic nitrogens is 1. The van der Waals surface area contributed by atoms with Gasteiger partial charge in [0, 0.05) is 17.8 Å². The summed E-state index contributed by atoms with van der Waals surface area (Å²) < 4.78 is 15.9. The Morgan fingerprint density at radius 2 is 1.73 bits per heavy atom. The smallest absolute Gasteiger partial charge is 0.274 e. The van der Waals surface area contributed by atoms with Gasteiger partial charge >= 0.3 is 0 Å². The summed E-state index contributed by atoms with van der Waals surface area (Å²) in [5.74, 6) is 1.06. The normalized spacial score (nSPS) is 10.3. The second-order valence-corrected chi connectivity index (χ2v) is 6.20. The topological polar surface area (TPSA) is 69.7 Å². The molecule has 1 N–H and O–H groups in total. The SMILES string of the molecule is COc1cc(NC(=O)c2cccc(-c3cccs3)n2)cc(OC)c1OC. The molecular weight excluding hydrogens is 352 g/mol. The van der Waals surface area contributed by atoms with E-state index < -0.39 is 0 Å². The van der Waals surface area contributed by atoms with Crippen molar-refractivity contribution in [2.24, 2.45) is 0 Å². The average molecular weight is 370 g/mol. The zero-order valence-corrected chi connectivity index (χ0v) is 15.4. The molecule has 2 heterocycles. The molecule has 3 rings (SSSR count). The number of rotatable bonds is 6. The molecule has 0 atom stereocenters. The second kappa shape index (κ2) is 7.88. The van der Waals surface area contributed by atoms with Crippen molar-refractivity contribution < 1.29 is 19.0 Å². The average Bonchev–Trinajstić information content (AvgIpc) is 3.22. The first-order chi connectivity index (χ1) is 12.7. The van der Waals surface area contributed by atoms with Crippen molar-refractivity contribution in [1.29, 1.82) is 0 Å². The van der Waals surface area contributed by atoms with Crippen molar-refractivity contribution in [3.05, 3.63) is 53.5 Å². The summed E-state index contributed by atoms with van der Waals surface area (Å²) in [7, 11) is 4.57. The van der Waals surface area contributed by atoms with Crippen molar-refractivity contribution in [2.45, 2.75) is 0 Å². The van der Waals surface area contributed by atoms with Gasteiger partial charge in [-0.3, -0.25) is 4.79 Å². The molecule has 3 aromatic rings. The number of methoxy groups -OCH3 is 3. The van der Waals surface area contributed by atoms with E-state index in [4.69, 9.17) is 14.2 Å². The third kappa shape index (κ3) is 3.62. The van der Waals surface area contributed by atoms with Crippen LogP contribution in [0.25, 0.3) is 10.6 Å². The van der Waals surface area contributed by atoms with Gasteiger partial charge in [0.2, 0.25) is 5.75 Å². The highest BCUT2D eigenvalue weighted by molar-refractivity contribution is 7.13. The van der Waals surface area contributed by atoms with Gasteiger partial charge in [-0.1, -0.05) is 12.1 Å². The van der Waals surface area contributed by atoms with Gasteiger partial charge in [0.15, 0.2) is 11.5 Å². The van der Waals surface area contributed by atoms with E-state index in [1.54, 1.807) is 29.5 Å². The molecule has 0 saturated heterocycles. The number of benzene rings is 1. The maximum atomic E-state index is 12.6. The van der Waals surface area contributed by atoms with E-state index in [0.29, 0.717) is 28.6 Å². The Morgan fingerprint density at radius 1 is 1.00 bits per heavy atom. The van der Waals surface area contributed by atoms with Gasteiger partial charge < -0.3 is 19.5 Å². The maximum absolute atomic E-state index is 12.6. The minimum Gasteiger partial charge on any atom is -0.493 e. The maximum Gasteiger partial charge on any atom is 0.274 e. The summed E-state index contributed by atoms with van der Waals surface area (Å²) in [5.41, 5.74) is 1.61. The van der Waals surface area contributed by atoms with Crippen LogP contribution in [-0.4, -0.2) is 32.2 Å². The highest BCUT2D eigenvalue weighted by atomic mass is 32.1. The number of amides is 1. The van der Waals surface area contributed by atoms with Crippen LogP contribution in [0.4, 0.5) is 5.69 Å². The Labute approximate surface area is 155 Å². The van der Waals surface area contributed by atoms with Gasteiger partial charge in [-0.05, 0) is 23.6 Å². The molecule has 0 saturated carbocycles. The van der Waals surface area contributed by atoms with Crippen molar-refractivity contribution in [2.75, 3.05) is 26.6 Å². The fraction of sp³-hybridized carbons (Fsp3) is 0.158. The summed E-state index contributed by atoms with van der Waals surface area (Å²) in [6, 6.07) is 12.6. The van der Waals surface area contributed by atoms with Crippen LogP contribution in [0.5, 0.6) is 17.2 Å². The zero-order valence-electron chi connectivity index (χ0n) is 14.6. The van der Waals surface area contributed by atoms with Crippen LogP contribution in [0, 0.1) is 0 Å². The number of ether oxygens (including phenoxy) is 3. The quantitative estimate of drug-likeness (QED) is 0.708. The number of nitrogens with zero attached hydrogens (tertiary/aromatic N) is 1. The highest BCUT2D eigenvalue weighted by Crippen LogP contribution is 2.40. The summed E-state index contributed by atoms with van der Waals surface area (Å²) in [6.45, 7) is 0. The van der Waals surface area contributed by atoms with Gasteiger partial charge in [-0.15, -0.1) is 11.3 Å². The van der Waals surface area contributed by atoms with Crippen LogP contribution in [0.15, 0.2) is 47.8 Å². The molecule has 0 bridgehead atoms. The molecule has 1 amide bonds. The number of thiophene rings is 1. The highest BCUT2D eigenvalue weighted by Gasteiger charge is 2.16. The summed E-state index contributed by atoms with van der Waals surface area (Å²) in [5, 5.41) is 4.79. The molecule has 0 radical (unpaired) electrons. The molecule has 0 aliphatic rings. The van der Waals surface area contributed by atoms with E-state index in [1.165, 1.54) is 21.3 Å². The molecule has 0 spiro atoms. The van der Waals surface area contributed by atoms with E-state index in [9.17, 15) is 4.79 Å². The number of anilines is 1. The first kappa shape index (κ1) is 17.8. The van der Waals surface area contributed by atoms with E-state index in [-0.39, 0.29) is 5.91 Å². The number of carbonyl (C=O) groups is 1. The standard InChI is InChI=1S/C19H18N2O4S/c1-23-15-10-12(11-16(24-2)18(15)25-3)20-19(22)14-7-4-6-13(21-14)17-8-5-9-26-17/h4-11H,1-3H3,(H,20,22). The zero-order chi connectivity index (χ0) is 18.5. The lowest BCUT2D eigenvalue weighted by Crippen LogP contribution is -2.14. The number of nitrogens with one attached hydrogen (secondary N) is 1. The van der Waals surface area contributed by atoms with Crippen LogP contribution in [0.2, 0.25) is 0 Å². The summed E-state index contributed by atoms with van der Waals surface area (Å²) in [6.07, 6.45) is 0. The molecule has 7 heteroatoms. The van der Waals surface area contributed by atoms with E-state index in [1.807, 2.05) is 29.6 Å². The molecule has 134 valence electrons. The molecule has 0 aliphatic heterocycles. The second-order valence-electron chi connectivity index (χ2n) is 5.25. The number of carbonyl (C=O) groups excluding carboxylic acids is 1. The fourth-order valence-corrected chi connectivity index (χ4v) is 3.17. The molecule has 2 aromatic heterocycles. The third-order valence-corrected chi connectivity index (χ3v) is 4.57. The number of hydrogen-bond acceptors (Lipinski definition) is 6. The van der Waals surface area contributed by atoms with E-state index >= 15 is 0 Å². The van der Waals surface area contributed by atoms with Gasteiger partial charge in [0.05, 0.1) is 31.9 Å². The van der Waals surface area contributed by atoms with Gasteiger partial charge in [-0.25, -0.2) is 4.98 Å². The minimum atomic E-state index is -0.322. The van der Waals surface area contributed by atoms with Crippen LogP contribution < -0.4 is 19.5 Å². The molecule has 1 aromatic carbocycles. The van der Waals surface area contributed by atoms with E-state index in [2.05, 4.69) is 10.3 Å². The molecule has 6 nitrogen and oxygen atoms in total. The predicted molar refractivity (Wildman–Crippen MR) is 102 cm³/mol. The van der Waals surface area contributed by atoms with Crippen LogP contribution in [-0.2, 0) is 0 Å². The van der Waals surface area contributed by atoms with Crippen molar-refractivity contribution >= 4 is 22.9 Å². The lowest BCUT2D eigenvalue weighted by Gasteiger charge is -2.14. The van der Waals surface area contributed by atoms with Crippen LogP contribution in [0.3, 0.4) is 0 Å². The molecule has 26 heavy (non-hydrogen) atoms. The first-order valence-electron chi connectivity index (χ1n) is 7.78. The van der Waals surface area contributed by atoms with Crippen LogP contribution >= 0.6 is 11.3 Å². The van der Waals surface area contributed by atoms with Crippen LogP contribution in [0.1, 0.15) is 10.5 Å². The van der Waals surface area contributed by atoms with Gasteiger partial charge in [-0.2, -0.15) is 0 Å². The van der Waals surface area contributed by atoms with Gasteiger partial charge in [0.25, 0.3) is 5.91 Å². The Hall–Kier alpha value is -3.06. The lowest BCUT2D eigenvalue weighted by molar-refractivity contribution is 0.102.